The molecule has 6 nitrogen and oxygen atoms in total. The molecule has 1 fully saturated rings. The fraction of sp³-hybridized carbons (Fsp3) is 0.312. The number of alkyl carbamates (subject to hydrolysis) is 1. The summed E-state index contributed by atoms with van der Waals surface area (Å²) in [6, 6.07) is 23.1. The number of carbonyl (C=O) groups excluding carboxylic acids is 1. The summed E-state index contributed by atoms with van der Waals surface area (Å²) in [5.74, 6) is 0.0878. The second-order valence-electron chi connectivity index (χ2n) is 10.3. The highest BCUT2D eigenvalue weighted by Gasteiger charge is 2.52. The number of carbonyl (C=O) groups is 1. The van der Waals surface area contributed by atoms with Gasteiger partial charge in [0.2, 0.25) is 0 Å². The zero-order valence-electron chi connectivity index (χ0n) is 22.0. The van der Waals surface area contributed by atoms with E-state index in [0.29, 0.717) is 30.8 Å². The van der Waals surface area contributed by atoms with Gasteiger partial charge < -0.3 is 19.5 Å². The molecule has 39 heavy (non-hydrogen) atoms. The Kier molecular flexibility index (Phi) is 7.67. The summed E-state index contributed by atoms with van der Waals surface area (Å²) in [7, 11) is 0. The molecule has 2 aliphatic rings. The van der Waals surface area contributed by atoms with Gasteiger partial charge in [0.1, 0.15) is 18.2 Å². The van der Waals surface area contributed by atoms with Crippen molar-refractivity contribution >= 4 is 11.7 Å². The van der Waals surface area contributed by atoms with Crippen LogP contribution in [0.15, 0.2) is 78.9 Å². The van der Waals surface area contributed by atoms with Gasteiger partial charge in [0.15, 0.2) is 0 Å². The van der Waals surface area contributed by atoms with E-state index in [0.717, 1.165) is 22.3 Å². The van der Waals surface area contributed by atoms with Crippen LogP contribution >= 0.6 is 0 Å². The third-order valence-electron chi connectivity index (χ3n) is 7.25. The first kappa shape index (κ1) is 26.5. The topological polar surface area (TPSA) is 80.6 Å². The Balaban J connectivity index is 1.44. The average Bonchev–Trinajstić information content (AvgIpc) is 3.52. The first-order chi connectivity index (χ1) is 18.9. The van der Waals surface area contributed by atoms with Gasteiger partial charge in [-0.1, -0.05) is 42.5 Å². The standard InChI is InChI=1S/C32H31FN2O4/c1-21(2)39-29-13-8-23(18-34)16-27(29)25-17-32(38-20-25)15-14-28(30(32)24-9-11-26(33)12-10-24)35-31(36)37-19-22-6-4-3-5-7-22/h3-13,16-17,21,28,30H,14-15,19-20H2,1-2H3,(H,35,36)/t28-,30-,32+/m0/s1. The highest BCUT2D eigenvalue weighted by atomic mass is 19.1. The average molecular weight is 527 g/mol. The zero-order chi connectivity index (χ0) is 27.4. The van der Waals surface area contributed by atoms with Crippen molar-refractivity contribution in [1.82, 2.24) is 5.32 Å². The summed E-state index contributed by atoms with van der Waals surface area (Å²) in [6.45, 7) is 4.40. The van der Waals surface area contributed by atoms with Gasteiger partial charge in [-0.25, -0.2) is 9.18 Å². The fourth-order valence-electron chi connectivity index (χ4n) is 5.58. The molecule has 1 spiro atoms. The van der Waals surface area contributed by atoms with E-state index in [1.165, 1.54) is 12.1 Å². The van der Waals surface area contributed by atoms with Crippen LogP contribution in [0.2, 0.25) is 0 Å². The molecule has 3 aromatic rings. The van der Waals surface area contributed by atoms with Crippen LogP contribution in [0.25, 0.3) is 5.57 Å². The zero-order valence-corrected chi connectivity index (χ0v) is 22.0. The number of benzene rings is 3. The molecule has 0 saturated heterocycles. The van der Waals surface area contributed by atoms with Crippen LogP contribution in [-0.4, -0.2) is 30.4 Å². The molecular weight excluding hydrogens is 495 g/mol. The molecule has 1 aliphatic heterocycles. The maximum atomic E-state index is 13.8. The van der Waals surface area contributed by atoms with Crippen LogP contribution < -0.4 is 10.1 Å². The minimum atomic E-state index is -0.720. The van der Waals surface area contributed by atoms with Gasteiger partial charge in [0, 0.05) is 17.5 Å². The molecule has 3 atom stereocenters. The van der Waals surface area contributed by atoms with Crippen LogP contribution in [0.3, 0.4) is 0 Å². The predicted octanol–water partition coefficient (Wildman–Crippen LogP) is 6.51. The van der Waals surface area contributed by atoms with Crippen molar-refractivity contribution in [1.29, 1.82) is 5.26 Å². The Bertz CT molecular complexity index is 1400. The SMILES string of the molecule is CC(C)Oc1ccc(C#N)cc1C1=C[C@@]2(CC[C@H](NC(=O)OCc3ccccc3)[C@@H]2c2ccc(F)cc2)OC1. The second-order valence-corrected chi connectivity index (χ2v) is 10.3. The normalized spacial score (nSPS) is 22.0. The smallest absolute Gasteiger partial charge is 0.407 e. The van der Waals surface area contributed by atoms with E-state index in [1.54, 1.807) is 18.2 Å². The van der Waals surface area contributed by atoms with Crippen LogP contribution in [0, 0.1) is 17.1 Å². The lowest BCUT2D eigenvalue weighted by Crippen LogP contribution is -2.42. The molecule has 1 heterocycles. The van der Waals surface area contributed by atoms with Crippen molar-refractivity contribution in [3.63, 3.8) is 0 Å². The van der Waals surface area contributed by atoms with Gasteiger partial charge >= 0.3 is 6.09 Å². The summed E-state index contributed by atoms with van der Waals surface area (Å²) in [5, 5.41) is 12.5. The van der Waals surface area contributed by atoms with Gasteiger partial charge in [-0.2, -0.15) is 5.26 Å². The third kappa shape index (κ3) is 5.81. The number of rotatable bonds is 7. The van der Waals surface area contributed by atoms with Gasteiger partial charge in [0.25, 0.3) is 0 Å². The van der Waals surface area contributed by atoms with Crippen molar-refractivity contribution in [3.8, 4) is 11.8 Å². The van der Waals surface area contributed by atoms with Crippen molar-refractivity contribution in [2.75, 3.05) is 6.61 Å². The third-order valence-corrected chi connectivity index (χ3v) is 7.25. The first-order valence-electron chi connectivity index (χ1n) is 13.2. The Morgan fingerprint density at radius 2 is 1.92 bits per heavy atom. The van der Waals surface area contributed by atoms with E-state index in [4.69, 9.17) is 14.2 Å². The summed E-state index contributed by atoms with van der Waals surface area (Å²) < 4.78 is 31.9. The predicted molar refractivity (Wildman–Crippen MR) is 146 cm³/mol. The van der Waals surface area contributed by atoms with Gasteiger partial charge in [-0.15, -0.1) is 0 Å². The van der Waals surface area contributed by atoms with Crippen molar-refractivity contribution < 1.29 is 23.4 Å². The lowest BCUT2D eigenvalue weighted by Gasteiger charge is -2.32. The summed E-state index contributed by atoms with van der Waals surface area (Å²) in [6.07, 6.45) is 2.86. The fourth-order valence-corrected chi connectivity index (χ4v) is 5.58. The molecule has 5 rings (SSSR count). The van der Waals surface area contributed by atoms with E-state index in [-0.39, 0.29) is 30.5 Å². The molecule has 1 N–H and O–H groups in total. The highest BCUT2D eigenvalue weighted by Crippen LogP contribution is 2.51. The van der Waals surface area contributed by atoms with E-state index < -0.39 is 11.7 Å². The molecule has 1 aliphatic carbocycles. The highest BCUT2D eigenvalue weighted by molar-refractivity contribution is 5.75. The Morgan fingerprint density at radius 3 is 2.64 bits per heavy atom. The number of ether oxygens (including phenoxy) is 3. The van der Waals surface area contributed by atoms with Crippen molar-refractivity contribution in [3.05, 3.63) is 107 Å². The molecule has 1 amide bonds. The lowest BCUT2D eigenvalue weighted by atomic mass is 9.82. The molecule has 3 aromatic carbocycles. The number of nitrogens with zero attached hydrogens (tertiary/aromatic N) is 1. The van der Waals surface area contributed by atoms with Gasteiger partial charge in [-0.3, -0.25) is 0 Å². The van der Waals surface area contributed by atoms with Crippen LogP contribution in [0.5, 0.6) is 5.75 Å². The van der Waals surface area contributed by atoms with Crippen molar-refractivity contribution in [2.45, 2.75) is 57.0 Å². The largest absolute Gasteiger partial charge is 0.490 e. The number of amides is 1. The minimum Gasteiger partial charge on any atom is -0.490 e. The molecule has 0 aromatic heterocycles. The molecule has 0 bridgehead atoms. The molecule has 0 radical (unpaired) electrons. The van der Waals surface area contributed by atoms with Crippen LogP contribution in [-0.2, 0) is 16.1 Å². The molecule has 1 saturated carbocycles. The number of halogens is 1. The summed E-state index contributed by atoms with van der Waals surface area (Å²) >= 11 is 0. The maximum Gasteiger partial charge on any atom is 0.407 e. The van der Waals surface area contributed by atoms with Gasteiger partial charge in [0.05, 0.1) is 29.9 Å². The van der Waals surface area contributed by atoms with E-state index in [9.17, 15) is 14.4 Å². The summed E-state index contributed by atoms with van der Waals surface area (Å²) in [4.78, 5) is 12.8. The molecular formula is C32H31FN2O4. The van der Waals surface area contributed by atoms with Gasteiger partial charge in [-0.05, 0) is 79.8 Å². The maximum absolute atomic E-state index is 13.8. The van der Waals surface area contributed by atoms with E-state index in [2.05, 4.69) is 17.5 Å². The van der Waals surface area contributed by atoms with E-state index >= 15 is 0 Å². The molecule has 0 unspecified atom stereocenters. The first-order valence-corrected chi connectivity index (χ1v) is 13.2. The molecule has 7 heteroatoms. The second kappa shape index (κ2) is 11.3. The Labute approximate surface area is 228 Å². The van der Waals surface area contributed by atoms with Crippen molar-refractivity contribution in [2.24, 2.45) is 0 Å². The van der Waals surface area contributed by atoms with Crippen LogP contribution in [0.4, 0.5) is 9.18 Å². The number of hydrogen-bond acceptors (Lipinski definition) is 5. The number of nitrogens with one attached hydrogen (secondary N) is 1. The number of nitriles is 1. The quantitative estimate of drug-likeness (QED) is 0.380. The van der Waals surface area contributed by atoms with E-state index in [1.807, 2.05) is 56.3 Å². The lowest BCUT2D eigenvalue weighted by molar-refractivity contribution is 0.0163. The molecule has 200 valence electrons. The van der Waals surface area contributed by atoms with Crippen LogP contribution in [0.1, 0.15) is 54.9 Å². The summed E-state index contributed by atoms with van der Waals surface area (Å²) in [5.41, 5.74) is 3.31. The Morgan fingerprint density at radius 1 is 1.15 bits per heavy atom. The number of hydrogen-bond donors (Lipinski definition) is 1. The monoisotopic (exact) mass is 526 g/mol. The Hall–Kier alpha value is -4.15. The minimum absolute atomic E-state index is 0.0394.